The molecule has 3 aliphatic rings. The van der Waals surface area contributed by atoms with Gasteiger partial charge in [0.1, 0.15) is 0 Å². The lowest BCUT2D eigenvalue weighted by molar-refractivity contribution is 0.0422. The first-order valence-corrected chi connectivity index (χ1v) is 7.86. The van der Waals surface area contributed by atoms with Crippen LogP contribution in [0.15, 0.2) is 12.1 Å². The van der Waals surface area contributed by atoms with E-state index in [9.17, 15) is 9.90 Å². The molecule has 1 atom stereocenters. The van der Waals surface area contributed by atoms with Gasteiger partial charge < -0.3 is 10.0 Å². The quantitative estimate of drug-likeness (QED) is 0.872. The molecule has 2 bridgehead atoms. The minimum absolute atomic E-state index is 0. The summed E-state index contributed by atoms with van der Waals surface area (Å²) in [4.78, 5) is 16.7. The van der Waals surface area contributed by atoms with Crippen LogP contribution in [0, 0.1) is 11.8 Å². The summed E-state index contributed by atoms with van der Waals surface area (Å²) >= 11 is 1.45. The van der Waals surface area contributed by atoms with Gasteiger partial charge in [0, 0.05) is 17.3 Å². The van der Waals surface area contributed by atoms with E-state index in [4.69, 9.17) is 0 Å². The second-order valence-electron chi connectivity index (χ2n) is 6.33. The van der Waals surface area contributed by atoms with Crippen molar-refractivity contribution in [2.45, 2.75) is 32.3 Å². The van der Waals surface area contributed by atoms with Gasteiger partial charge in [-0.25, -0.2) is 0 Å². The molecule has 1 N–H and O–H groups in total. The SMILES string of the molecule is CC(C)(O)c1ccc(C(=O)C2CN3CCC2CC3)s1.Cl. The van der Waals surface area contributed by atoms with E-state index in [2.05, 4.69) is 4.90 Å². The molecule has 3 aliphatic heterocycles. The van der Waals surface area contributed by atoms with E-state index in [0.29, 0.717) is 5.92 Å². The molecule has 0 radical (unpaired) electrons. The fraction of sp³-hybridized carbons (Fsp3) is 0.667. The molecule has 20 heavy (non-hydrogen) atoms. The molecule has 4 heterocycles. The van der Waals surface area contributed by atoms with Crippen molar-refractivity contribution in [2.75, 3.05) is 19.6 Å². The topological polar surface area (TPSA) is 40.5 Å². The Bertz CT molecular complexity index is 486. The fourth-order valence-electron chi connectivity index (χ4n) is 3.24. The number of hydrogen-bond acceptors (Lipinski definition) is 4. The van der Waals surface area contributed by atoms with Crippen LogP contribution < -0.4 is 0 Å². The van der Waals surface area contributed by atoms with Gasteiger partial charge in [0.2, 0.25) is 0 Å². The Morgan fingerprint density at radius 2 is 2.00 bits per heavy atom. The lowest BCUT2D eigenvalue weighted by Gasteiger charge is -2.43. The Hall–Kier alpha value is -0.420. The Kier molecular flexibility index (Phi) is 4.59. The van der Waals surface area contributed by atoms with Crippen molar-refractivity contribution in [1.82, 2.24) is 4.90 Å². The van der Waals surface area contributed by atoms with Crippen LogP contribution in [0.4, 0.5) is 0 Å². The van der Waals surface area contributed by atoms with Gasteiger partial charge in [-0.2, -0.15) is 0 Å². The highest BCUT2D eigenvalue weighted by molar-refractivity contribution is 7.14. The number of carbonyl (C=O) groups excluding carboxylic acids is 1. The summed E-state index contributed by atoms with van der Waals surface area (Å²) in [7, 11) is 0. The number of rotatable bonds is 3. The first-order valence-electron chi connectivity index (χ1n) is 7.04. The first-order chi connectivity index (χ1) is 8.95. The van der Waals surface area contributed by atoms with Crippen molar-refractivity contribution in [1.29, 1.82) is 0 Å². The molecule has 1 unspecified atom stereocenters. The Balaban J connectivity index is 0.00000147. The summed E-state index contributed by atoms with van der Waals surface area (Å²) in [6.45, 7) is 6.78. The minimum atomic E-state index is -0.849. The number of nitrogens with zero attached hydrogens (tertiary/aromatic N) is 1. The Labute approximate surface area is 130 Å². The highest BCUT2D eigenvalue weighted by atomic mass is 35.5. The monoisotopic (exact) mass is 315 g/mol. The molecule has 5 heteroatoms. The predicted molar refractivity (Wildman–Crippen MR) is 83.8 cm³/mol. The molecule has 0 aromatic carbocycles. The summed E-state index contributed by atoms with van der Waals surface area (Å²) < 4.78 is 0. The summed E-state index contributed by atoms with van der Waals surface area (Å²) in [5.41, 5.74) is -0.849. The number of Topliss-reactive ketones (excluding diaryl/α,β-unsaturated/α-hetero) is 1. The van der Waals surface area contributed by atoms with Crippen molar-refractivity contribution in [3.05, 3.63) is 21.9 Å². The molecular formula is C15H22ClNO2S. The smallest absolute Gasteiger partial charge is 0.177 e. The lowest BCUT2D eigenvalue weighted by Crippen LogP contribution is -2.49. The van der Waals surface area contributed by atoms with Gasteiger partial charge in [0.15, 0.2) is 5.78 Å². The molecule has 3 nitrogen and oxygen atoms in total. The number of fused-ring (bicyclic) bond motifs is 3. The molecule has 1 aromatic heterocycles. The largest absolute Gasteiger partial charge is 0.385 e. The van der Waals surface area contributed by atoms with Gasteiger partial charge in [-0.15, -0.1) is 23.7 Å². The number of thiophene rings is 1. The van der Waals surface area contributed by atoms with Gasteiger partial charge in [0.05, 0.1) is 10.5 Å². The number of aliphatic hydroxyl groups is 1. The number of ketones is 1. The second-order valence-corrected chi connectivity index (χ2v) is 7.42. The van der Waals surface area contributed by atoms with Crippen LogP contribution in [0.3, 0.4) is 0 Å². The Morgan fingerprint density at radius 1 is 1.35 bits per heavy atom. The number of carbonyl (C=O) groups is 1. The van der Waals surface area contributed by atoms with Crippen LogP contribution in [0.2, 0.25) is 0 Å². The van der Waals surface area contributed by atoms with Crippen molar-refractivity contribution in [3.8, 4) is 0 Å². The van der Waals surface area contributed by atoms with Crippen LogP contribution in [0.25, 0.3) is 0 Å². The van der Waals surface area contributed by atoms with Crippen molar-refractivity contribution in [3.63, 3.8) is 0 Å². The Morgan fingerprint density at radius 3 is 2.45 bits per heavy atom. The van der Waals surface area contributed by atoms with Crippen molar-refractivity contribution < 1.29 is 9.90 Å². The van der Waals surface area contributed by atoms with Gasteiger partial charge in [-0.05, 0) is 57.8 Å². The van der Waals surface area contributed by atoms with Crippen LogP contribution in [-0.4, -0.2) is 35.4 Å². The van der Waals surface area contributed by atoms with Crippen LogP contribution in [0.1, 0.15) is 41.2 Å². The number of halogens is 1. The van der Waals surface area contributed by atoms with Gasteiger partial charge in [-0.3, -0.25) is 4.79 Å². The summed E-state index contributed by atoms with van der Waals surface area (Å²) in [5, 5.41) is 9.99. The summed E-state index contributed by atoms with van der Waals surface area (Å²) in [6, 6.07) is 3.77. The third kappa shape index (κ3) is 2.93. The molecule has 3 saturated heterocycles. The minimum Gasteiger partial charge on any atom is -0.385 e. The maximum atomic E-state index is 12.6. The maximum Gasteiger partial charge on any atom is 0.177 e. The number of piperidine rings is 3. The average Bonchev–Trinajstić information content (AvgIpc) is 2.88. The van der Waals surface area contributed by atoms with E-state index in [1.807, 2.05) is 12.1 Å². The van der Waals surface area contributed by atoms with E-state index in [-0.39, 0.29) is 24.1 Å². The molecule has 112 valence electrons. The third-order valence-corrected chi connectivity index (χ3v) is 5.86. The zero-order chi connectivity index (χ0) is 13.6. The average molecular weight is 316 g/mol. The van der Waals surface area contributed by atoms with E-state index < -0.39 is 5.60 Å². The molecule has 0 amide bonds. The highest BCUT2D eigenvalue weighted by Gasteiger charge is 2.39. The van der Waals surface area contributed by atoms with Crippen LogP contribution >= 0.6 is 23.7 Å². The first kappa shape index (κ1) is 16.0. The van der Waals surface area contributed by atoms with Gasteiger partial charge in [-0.1, -0.05) is 0 Å². The molecule has 4 rings (SSSR count). The summed E-state index contributed by atoms with van der Waals surface area (Å²) in [5.74, 6) is 1.04. The predicted octanol–water partition coefficient (Wildman–Crippen LogP) is 2.92. The molecule has 1 aromatic rings. The lowest BCUT2D eigenvalue weighted by atomic mass is 9.76. The highest BCUT2D eigenvalue weighted by Crippen LogP contribution is 2.36. The van der Waals surface area contributed by atoms with Gasteiger partial charge >= 0.3 is 0 Å². The van der Waals surface area contributed by atoms with Crippen LogP contribution in [-0.2, 0) is 5.60 Å². The zero-order valence-electron chi connectivity index (χ0n) is 12.0. The van der Waals surface area contributed by atoms with Crippen molar-refractivity contribution in [2.24, 2.45) is 11.8 Å². The van der Waals surface area contributed by atoms with E-state index in [0.717, 1.165) is 29.4 Å². The van der Waals surface area contributed by atoms with E-state index in [1.54, 1.807) is 13.8 Å². The number of hydrogen-bond donors (Lipinski definition) is 1. The zero-order valence-corrected chi connectivity index (χ0v) is 13.6. The molecule has 0 spiro atoms. The van der Waals surface area contributed by atoms with E-state index >= 15 is 0 Å². The maximum absolute atomic E-state index is 12.6. The second kappa shape index (κ2) is 5.76. The van der Waals surface area contributed by atoms with Gasteiger partial charge in [0.25, 0.3) is 0 Å². The fourth-order valence-corrected chi connectivity index (χ4v) is 4.25. The standard InChI is InChI=1S/C15H21NO2S.ClH/c1-15(2,18)13-4-3-12(19-13)14(17)11-9-16-7-5-10(11)6-8-16;/h3-4,10-11,18H,5-9H2,1-2H3;1H. The molecule has 3 fully saturated rings. The third-order valence-electron chi connectivity index (χ3n) is 4.44. The van der Waals surface area contributed by atoms with E-state index in [1.165, 1.54) is 24.2 Å². The molecular weight excluding hydrogens is 294 g/mol. The normalized spacial score (nSPS) is 29.1. The summed E-state index contributed by atoms with van der Waals surface area (Å²) in [6.07, 6.45) is 2.33. The van der Waals surface area contributed by atoms with Crippen molar-refractivity contribution >= 4 is 29.5 Å². The molecule has 0 saturated carbocycles. The van der Waals surface area contributed by atoms with Crippen LogP contribution in [0.5, 0.6) is 0 Å². The molecule has 0 aliphatic carbocycles.